The lowest BCUT2D eigenvalue weighted by Gasteiger charge is -2.11. The van der Waals surface area contributed by atoms with Crippen LogP contribution >= 0.6 is 0 Å². The van der Waals surface area contributed by atoms with Crippen molar-refractivity contribution >= 4 is 16.7 Å². The van der Waals surface area contributed by atoms with Gasteiger partial charge < -0.3 is 18.9 Å². The Bertz CT molecular complexity index is 1160. The number of fused-ring (bicyclic) bond motifs is 3. The molecule has 3 aromatic heterocycles. The first-order chi connectivity index (χ1) is 14.5. The van der Waals surface area contributed by atoms with Gasteiger partial charge in [0.1, 0.15) is 30.1 Å². The molecular formula is C22H28N6O2. The van der Waals surface area contributed by atoms with Gasteiger partial charge in [-0.15, -0.1) is 5.10 Å². The highest BCUT2D eigenvalue weighted by Gasteiger charge is 2.18. The van der Waals surface area contributed by atoms with Gasteiger partial charge in [-0.3, -0.25) is 0 Å². The van der Waals surface area contributed by atoms with Gasteiger partial charge in [0.05, 0.1) is 12.5 Å². The van der Waals surface area contributed by atoms with Crippen molar-refractivity contribution in [3.05, 3.63) is 47.7 Å². The Morgan fingerprint density at radius 3 is 2.47 bits per heavy atom. The van der Waals surface area contributed by atoms with E-state index in [1.54, 1.807) is 18.0 Å². The van der Waals surface area contributed by atoms with Crippen LogP contribution in [0.3, 0.4) is 0 Å². The Hall–Kier alpha value is -3.13. The molecule has 3 heterocycles. The highest BCUT2D eigenvalue weighted by molar-refractivity contribution is 5.93. The van der Waals surface area contributed by atoms with Crippen LogP contribution < -0.4 is 9.47 Å². The summed E-state index contributed by atoms with van der Waals surface area (Å²) in [4.78, 5) is 11.7. The molecule has 0 saturated heterocycles. The highest BCUT2D eigenvalue weighted by atomic mass is 16.5. The van der Waals surface area contributed by atoms with Crippen molar-refractivity contribution in [2.24, 2.45) is 0 Å². The molecule has 4 rings (SSSR count). The molecule has 4 aromatic rings. The maximum Gasteiger partial charge on any atom is 0.189 e. The van der Waals surface area contributed by atoms with E-state index in [-0.39, 0.29) is 6.61 Å². The molecule has 0 bridgehead atoms. The molecule has 30 heavy (non-hydrogen) atoms. The number of hydrogen-bond acceptors (Lipinski definition) is 6. The molecule has 0 saturated carbocycles. The first-order valence-corrected chi connectivity index (χ1v) is 10.1. The van der Waals surface area contributed by atoms with Gasteiger partial charge in [-0.05, 0) is 70.7 Å². The minimum Gasteiger partial charge on any atom is -0.497 e. The van der Waals surface area contributed by atoms with E-state index in [2.05, 4.69) is 42.5 Å². The molecule has 0 N–H and O–H groups in total. The number of nitrogens with zero attached hydrogens (tertiary/aromatic N) is 6. The number of benzene rings is 1. The highest BCUT2D eigenvalue weighted by Crippen LogP contribution is 2.27. The summed E-state index contributed by atoms with van der Waals surface area (Å²) < 4.78 is 15.1. The molecule has 0 unspecified atom stereocenters. The number of ether oxygens (including phenoxy) is 2. The van der Waals surface area contributed by atoms with E-state index in [1.807, 2.05) is 24.3 Å². The average Bonchev–Trinajstić information content (AvgIpc) is 3.26. The number of hydrogen-bond donors (Lipinski definition) is 0. The summed E-state index contributed by atoms with van der Waals surface area (Å²) >= 11 is 0. The van der Waals surface area contributed by atoms with Crippen molar-refractivity contribution in [3.63, 3.8) is 0 Å². The Morgan fingerprint density at radius 1 is 1.03 bits per heavy atom. The van der Waals surface area contributed by atoms with Crippen molar-refractivity contribution in [1.29, 1.82) is 0 Å². The zero-order valence-electron chi connectivity index (χ0n) is 18.2. The Morgan fingerprint density at radius 2 is 1.77 bits per heavy atom. The van der Waals surface area contributed by atoms with Crippen LogP contribution in [0.1, 0.15) is 23.5 Å². The second-order valence-corrected chi connectivity index (χ2v) is 7.72. The molecule has 0 aliphatic heterocycles. The molecule has 8 heteroatoms. The van der Waals surface area contributed by atoms with Crippen LogP contribution in [-0.2, 0) is 13.2 Å². The van der Waals surface area contributed by atoms with E-state index >= 15 is 0 Å². The normalized spacial score (nSPS) is 11.7. The summed E-state index contributed by atoms with van der Waals surface area (Å²) in [6, 6.07) is 7.47. The SMILES string of the molecule is COc1ccc(OCc2nc3c4c(C)c(C)n(CCCN(C)C)c4ncn3n2)cc1. The second-order valence-electron chi connectivity index (χ2n) is 7.72. The van der Waals surface area contributed by atoms with Crippen LogP contribution in [0.25, 0.3) is 16.7 Å². The van der Waals surface area contributed by atoms with Gasteiger partial charge in [-0.25, -0.2) is 14.5 Å². The summed E-state index contributed by atoms with van der Waals surface area (Å²) in [5, 5.41) is 5.61. The first-order valence-electron chi connectivity index (χ1n) is 10.1. The molecule has 8 nitrogen and oxygen atoms in total. The van der Waals surface area contributed by atoms with E-state index in [0.717, 1.165) is 47.7 Å². The predicted molar refractivity (Wildman–Crippen MR) is 116 cm³/mol. The fourth-order valence-corrected chi connectivity index (χ4v) is 3.67. The van der Waals surface area contributed by atoms with Gasteiger partial charge in [0.25, 0.3) is 0 Å². The number of aromatic nitrogens is 5. The lowest BCUT2D eigenvalue weighted by molar-refractivity contribution is 0.295. The van der Waals surface area contributed by atoms with Crippen LogP contribution in [-0.4, -0.2) is 56.8 Å². The fourth-order valence-electron chi connectivity index (χ4n) is 3.67. The Labute approximate surface area is 176 Å². The minimum absolute atomic E-state index is 0.289. The summed E-state index contributed by atoms with van der Waals surface area (Å²) in [6.07, 6.45) is 2.81. The van der Waals surface area contributed by atoms with Crippen LogP contribution in [0.15, 0.2) is 30.6 Å². The van der Waals surface area contributed by atoms with Crippen molar-refractivity contribution in [1.82, 2.24) is 29.0 Å². The number of rotatable bonds is 8. The van der Waals surface area contributed by atoms with Gasteiger partial charge in [-0.2, -0.15) is 0 Å². The van der Waals surface area contributed by atoms with Crippen molar-refractivity contribution < 1.29 is 9.47 Å². The van der Waals surface area contributed by atoms with E-state index in [9.17, 15) is 0 Å². The quantitative estimate of drug-likeness (QED) is 0.446. The maximum absolute atomic E-state index is 5.84. The average molecular weight is 409 g/mol. The van der Waals surface area contributed by atoms with Gasteiger partial charge >= 0.3 is 0 Å². The van der Waals surface area contributed by atoms with E-state index in [0.29, 0.717) is 5.82 Å². The molecule has 158 valence electrons. The van der Waals surface area contributed by atoms with Gasteiger partial charge in [-0.1, -0.05) is 0 Å². The molecule has 0 aliphatic carbocycles. The Kier molecular flexibility index (Phi) is 5.59. The molecule has 0 spiro atoms. The molecule has 0 fully saturated rings. The van der Waals surface area contributed by atoms with E-state index in [1.165, 1.54) is 11.3 Å². The third-order valence-corrected chi connectivity index (χ3v) is 5.40. The lowest BCUT2D eigenvalue weighted by Crippen LogP contribution is -2.15. The maximum atomic E-state index is 5.84. The van der Waals surface area contributed by atoms with Crippen LogP contribution in [0, 0.1) is 13.8 Å². The fraction of sp³-hybridized carbons (Fsp3) is 0.409. The van der Waals surface area contributed by atoms with Crippen molar-refractivity contribution in [2.45, 2.75) is 33.4 Å². The minimum atomic E-state index is 0.289. The van der Waals surface area contributed by atoms with Gasteiger partial charge in [0.2, 0.25) is 0 Å². The largest absolute Gasteiger partial charge is 0.497 e. The second kappa shape index (κ2) is 8.31. The summed E-state index contributed by atoms with van der Waals surface area (Å²) in [6.45, 7) is 6.53. The summed E-state index contributed by atoms with van der Waals surface area (Å²) in [7, 11) is 5.84. The van der Waals surface area contributed by atoms with Crippen molar-refractivity contribution in [3.8, 4) is 11.5 Å². The molecular weight excluding hydrogens is 380 g/mol. The standard InChI is InChI=1S/C22H28N6O2/c1-15-16(2)27(12-6-11-26(3)4)21-20(15)22-24-19(25-28(22)14-23-21)13-30-18-9-7-17(29-5)8-10-18/h7-10,14H,6,11-13H2,1-5H3. The van der Waals surface area contributed by atoms with Gasteiger partial charge in [0, 0.05) is 12.2 Å². The third kappa shape index (κ3) is 3.82. The first kappa shape index (κ1) is 20.2. The lowest BCUT2D eigenvalue weighted by atomic mass is 10.2. The third-order valence-electron chi connectivity index (χ3n) is 5.40. The molecule has 0 aliphatic rings. The zero-order chi connectivity index (χ0) is 21.3. The van der Waals surface area contributed by atoms with E-state index < -0.39 is 0 Å². The molecule has 0 atom stereocenters. The predicted octanol–water partition coefficient (Wildman–Crippen LogP) is 3.24. The molecule has 0 amide bonds. The van der Waals surface area contributed by atoms with Crippen LogP contribution in [0.2, 0.25) is 0 Å². The van der Waals surface area contributed by atoms with E-state index in [4.69, 9.17) is 19.4 Å². The van der Waals surface area contributed by atoms with Gasteiger partial charge in [0.15, 0.2) is 11.5 Å². The monoisotopic (exact) mass is 408 g/mol. The molecule has 1 aromatic carbocycles. The smallest absolute Gasteiger partial charge is 0.189 e. The number of aryl methyl sites for hydroxylation is 2. The molecule has 0 radical (unpaired) electrons. The summed E-state index contributed by atoms with van der Waals surface area (Å²) in [5.74, 6) is 2.16. The zero-order valence-corrected chi connectivity index (χ0v) is 18.2. The van der Waals surface area contributed by atoms with Crippen LogP contribution in [0.5, 0.6) is 11.5 Å². The Balaban J connectivity index is 1.61. The topological polar surface area (TPSA) is 69.7 Å². The number of methoxy groups -OCH3 is 1. The van der Waals surface area contributed by atoms with Crippen LogP contribution in [0.4, 0.5) is 0 Å². The summed E-state index contributed by atoms with van der Waals surface area (Å²) in [5.41, 5.74) is 4.21. The van der Waals surface area contributed by atoms with Crippen molar-refractivity contribution in [2.75, 3.05) is 27.7 Å².